The highest BCUT2D eigenvalue weighted by Gasteiger charge is 2.17. The summed E-state index contributed by atoms with van der Waals surface area (Å²) >= 11 is 0. The minimum absolute atomic E-state index is 0.0168. The third kappa shape index (κ3) is 3.53. The normalized spacial score (nSPS) is 11.4. The van der Waals surface area contributed by atoms with Crippen LogP contribution in [0.2, 0.25) is 0 Å². The monoisotopic (exact) mass is 310 g/mol. The fourth-order valence-electron chi connectivity index (χ4n) is 1.84. The quantitative estimate of drug-likeness (QED) is 0.746. The Morgan fingerprint density at radius 3 is 2.76 bits per heavy atom. The first-order valence-electron chi connectivity index (χ1n) is 6.46. The molecular weight excluding hydrogens is 292 g/mol. The van der Waals surface area contributed by atoms with Crippen molar-refractivity contribution < 1.29 is 13.2 Å². The lowest BCUT2D eigenvalue weighted by molar-refractivity contribution is 0.336. The number of H-pyrrole nitrogens is 1. The molecule has 1 heterocycles. The summed E-state index contributed by atoms with van der Waals surface area (Å²) in [6.45, 7) is 4.33. The predicted octanol–water partition coefficient (Wildman–Crippen LogP) is 1.38. The van der Waals surface area contributed by atoms with E-state index in [4.69, 9.17) is 10.5 Å². The molecule has 21 heavy (non-hydrogen) atoms. The van der Waals surface area contributed by atoms with Gasteiger partial charge in [0.1, 0.15) is 11.6 Å². The Balaban J connectivity index is 2.27. The molecule has 0 saturated carbocycles. The molecule has 0 aliphatic carbocycles. The van der Waals surface area contributed by atoms with Crippen molar-refractivity contribution in [3.8, 4) is 5.75 Å². The molecule has 0 spiro atoms. The zero-order chi connectivity index (χ0) is 15.5. The van der Waals surface area contributed by atoms with Crippen LogP contribution >= 0.6 is 0 Å². The van der Waals surface area contributed by atoms with Crippen LogP contribution in [0.1, 0.15) is 18.3 Å². The van der Waals surface area contributed by atoms with Crippen molar-refractivity contribution in [2.75, 3.05) is 11.3 Å². The lowest BCUT2D eigenvalue weighted by Crippen LogP contribution is -2.14. The molecule has 0 saturated heterocycles. The van der Waals surface area contributed by atoms with Crippen molar-refractivity contribution in [2.45, 2.75) is 25.4 Å². The number of aromatic nitrogens is 2. The Morgan fingerprint density at radius 2 is 2.19 bits per heavy atom. The molecule has 0 unspecified atom stereocenters. The van der Waals surface area contributed by atoms with Gasteiger partial charge in [0.15, 0.2) is 5.03 Å². The van der Waals surface area contributed by atoms with Crippen LogP contribution in [-0.2, 0) is 16.6 Å². The maximum atomic E-state index is 12.2. The molecule has 114 valence electrons. The first-order chi connectivity index (χ1) is 9.96. The number of hydrogen-bond donors (Lipinski definition) is 3. The third-order valence-corrected chi connectivity index (χ3v) is 4.09. The van der Waals surface area contributed by atoms with Gasteiger partial charge in [-0.15, -0.1) is 0 Å². The molecule has 7 nitrogen and oxygen atoms in total. The number of hydrogen-bond acceptors (Lipinski definition) is 5. The second-order valence-corrected chi connectivity index (χ2v) is 6.05. The summed E-state index contributed by atoms with van der Waals surface area (Å²) < 4.78 is 32.3. The average Bonchev–Trinajstić information content (AvgIpc) is 2.88. The fraction of sp³-hybridized carbons (Fsp3) is 0.308. The highest BCUT2D eigenvalue weighted by atomic mass is 32.2. The molecule has 4 N–H and O–H groups in total. The molecule has 1 aromatic carbocycles. The molecule has 0 bridgehead atoms. The van der Waals surface area contributed by atoms with Crippen LogP contribution in [0.5, 0.6) is 5.75 Å². The van der Waals surface area contributed by atoms with Gasteiger partial charge in [-0.25, -0.2) is 4.98 Å². The van der Waals surface area contributed by atoms with E-state index < -0.39 is 10.0 Å². The summed E-state index contributed by atoms with van der Waals surface area (Å²) in [5.74, 6) is 1.19. The number of aromatic amines is 1. The summed E-state index contributed by atoms with van der Waals surface area (Å²) in [4.78, 5) is 6.57. The zero-order valence-electron chi connectivity index (χ0n) is 11.9. The number of imidazole rings is 1. The Labute approximate surface area is 123 Å². The van der Waals surface area contributed by atoms with Gasteiger partial charge < -0.3 is 15.5 Å². The molecule has 1 aromatic heterocycles. The molecule has 0 radical (unpaired) electrons. The number of nitrogens with two attached hydrogens (primary N) is 1. The Bertz CT molecular complexity index is 725. The van der Waals surface area contributed by atoms with E-state index in [9.17, 15) is 8.42 Å². The number of rotatable bonds is 6. The highest BCUT2D eigenvalue weighted by Crippen LogP contribution is 2.24. The number of anilines is 1. The first kappa shape index (κ1) is 15.3. The van der Waals surface area contributed by atoms with Gasteiger partial charge in [-0.2, -0.15) is 8.42 Å². The van der Waals surface area contributed by atoms with E-state index in [2.05, 4.69) is 14.7 Å². The number of nitrogens with one attached hydrogen (secondary N) is 2. The lowest BCUT2D eigenvalue weighted by atomic mass is 10.2. The second kappa shape index (κ2) is 6.15. The van der Waals surface area contributed by atoms with E-state index in [0.717, 1.165) is 5.56 Å². The van der Waals surface area contributed by atoms with Crippen molar-refractivity contribution in [1.29, 1.82) is 0 Å². The molecular formula is C13H18N4O3S. The van der Waals surface area contributed by atoms with Gasteiger partial charge in [-0.3, -0.25) is 4.72 Å². The van der Waals surface area contributed by atoms with Gasteiger partial charge in [0.2, 0.25) is 0 Å². The van der Waals surface area contributed by atoms with Gasteiger partial charge in [0.25, 0.3) is 10.0 Å². The van der Waals surface area contributed by atoms with Gasteiger partial charge in [-0.05, 0) is 32.0 Å². The number of ether oxygens (including phenoxy) is 1. The lowest BCUT2D eigenvalue weighted by Gasteiger charge is -2.12. The summed E-state index contributed by atoms with van der Waals surface area (Å²) in [6, 6.07) is 4.98. The largest absolute Gasteiger partial charge is 0.494 e. The molecule has 0 aliphatic rings. The fourth-order valence-corrected chi connectivity index (χ4v) is 2.86. The van der Waals surface area contributed by atoms with Crippen LogP contribution < -0.4 is 15.2 Å². The van der Waals surface area contributed by atoms with Crippen molar-refractivity contribution in [3.63, 3.8) is 0 Å². The summed E-state index contributed by atoms with van der Waals surface area (Å²) in [7, 11) is -3.69. The van der Waals surface area contributed by atoms with E-state index in [1.54, 1.807) is 25.1 Å². The molecule has 0 atom stereocenters. The van der Waals surface area contributed by atoms with Crippen molar-refractivity contribution in [3.05, 3.63) is 35.8 Å². The van der Waals surface area contributed by atoms with Gasteiger partial charge in [0.05, 0.1) is 12.8 Å². The number of sulfonamides is 1. The third-order valence-electron chi connectivity index (χ3n) is 2.80. The van der Waals surface area contributed by atoms with E-state index in [1.165, 1.54) is 6.20 Å². The SMILES string of the molecule is CCOc1ccc(NS(=O)(=O)c2cnc(C)[nH]2)cc1CN. The van der Waals surface area contributed by atoms with Crippen molar-refractivity contribution in [1.82, 2.24) is 9.97 Å². The van der Waals surface area contributed by atoms with Crippen LogP contribution in [-0.4, -0.2) is 25.0 Å². The van der Waals surface area contributed by atoms with E-state index in [0.29, 0.717) is 23.9 Å². The number of nitrogens with zero attached hydrogens (tertiary/aromatic N) is 1. The standard InChI is InChI=1S/C13H18N4O3S/c1-3-20-12-5-4-11(6-10(12)7-14)17-21(18,19)13-8-15-9(2)16-13/h4-6,8,17H,3,7,14H2,1-2H3,(H,15,16). The zero-order valence-corrected chi connectivity index (χ0v) is 12.7. The molecule has 0 aliphatic heterocycles. The van der Waals surface area contributed by atoms with Crippen molar-refractivity contribution >= 4 is 15.7 Å². The molecule has 2 rings (SSSR count). The van der Waals surface area contributed by atoms with E-state index in [-0.39, 0.29) is 11.6 Å². The van der Waals surface area contributed by atoms with E-state index >= 15 is 0 Å². The van der Waals surface area contributed by atoms with Crippen LogP contribution in [0.4, 0.5) is 5.69 Å². The highest BCUT2D eigenvalue weighted by molar-refractivity contribution is 7.92. The topological polar surface area (TPSA) is 110 Å². The minimum Gasteiger partial charge on any atom is -0.494 e. The van der Waals surface area contributed by atoms with Crippen LogP contribution in [0, 0.1) is 6.92 Å². The van der Waals surface area contributed by atoms with E-state index in [1.807, 2.05) is 6.92 Å². The summed E-state index contributed by atoms with van der Waals surface area (Å²) in [5.41, 5.74) is 6.81. The van der Waals surface area contributed by atoms with Gasteiger partial charge >= 0.3 is 0 Å². The Kier molecular flexibility index (Phi) is 4.49. The maximum absolute atomic E-state index is 12.2. The molecule has 2 aromatic rings. The number of benzene rings is 1. The second-order valence-electron chi connectivity index (χ2n) is 4.40. The Morgan fingerprint density at radius 1 is 1.43 bits per heavy atom. The van der Waals surface area contributed by atoms with Gasteiger partial charge in [-0.1, -0.05) is 0 Å². The van der Waals surface area contributed by atoms with Crippen LogP contribution in [0.15, 0.2) is 29.4 Å². The number of aryl methyl sites for hydroxylation is 1. The molecule has 8 heteroatoms. The Hall–Kier alpha value is -2.06. The smallest absolute Gasteiger partial charge is 0.278 e. The van der Waals surface area contributed by atoms with Crippen LogP contribution in [0.3, 0.4) is 0 Å². The minimum atomic E-state index is -3.69. The van der Waals surface area contributed by atoms with Gasteiger partial charge in [0, 0.05) is 17.8 Å². The average molecular weight is 310 g/mol. The maximum Gasteiger partial charge on any atom is 0.278 e. The first-order valence-corrected chi connectivity index (χ1v) is 7.94. The molecule has 0 fully saturated rings. The predicted molar refractivity (Wildman–Crippen MR) is 79.6 cm³/mol. The summed E-state index contributed by atoms with van der Waals surface area (Å²) in [6.07, 6.45) is 1.27. The van der Waals surface area contributed by atoms with Crippen molar-refractivity contribution in [2.24, 2.45) is 5.73 Å². The molecule has 0 amide bonds. The van der Waals surface area contributed by atoms with Crippen LogP contribution in [0.25, 0.3) is 0 Å². The summed E-state index contributed by atoms with van der Waals surface area (Å²) in [5, 5.41) is 0.0168.